The number of nitrogens with two attached hydrogens (primary N) is 1. The van der Waals surface area contributed by atoms with E-state index >= 15 is 0 Å². The Kier molecular flexibility index (Phi) is 5.48. The highest BCUT2D eigenvalue weighted by molar-refractivity contribution is 6.11. The maximum absolute atomic E-state index is 12.5. The van der Waals surface area contributed by atoms with E-state index < -0.39 is 6.09 Å². The predicted octanol–water partition coefficient (Wildman–Crippen LogP) is 2.94. The van der Waals surface area contributed by atoms with Crippen molar-refractivity contribution in [3.8, 4) is 0 Å². The number of carbonyl (C=O) groups is 2. The van der Waals surface area contributed by atoms with Crippen LogP contribution < -0.4 is 15.5 Å². The number of rotatable bonds is 4. The number of nitrogens with zero attached hydrogens (tertiary/aromatic N) is 3. The van der Waals surface area contributed by atoms with Crippen molar-refractivity contribution in [1.29, 1.82) is 0 Å². The molecule has 1 atom stereocenters. The van der Waals surface area contributed by atoms with E-state index in [2.05, 4.69) is 4.99 Å². The summed E-state index contributed by atoms with van der Waals surface area (Å²) in [4.78, 5) is 32.4. The number of carbonyl (C=O) groups excluding carboxylic acids is 2. The van der Waals surface area contributed by atoms with Crippen molar-refractivity contribution in [3.05, 3.63) is 30.0 Å². The summed E-state index contributed by atoms with van der Waals surface area (Å²) in [5.74, 6) is -0.0649. The van der Waals surface area contributed by atoms with E-state index in [1.165, 1.54) is 13.1 Å². The number of ether oxygens (including phenoxy) is 1. The van der Waals surface area contributed by atoms with Crippen molar-refractivity contribution in [1.82, 2.24) is 0 Å². The largest absolute Gasteiger partial charge is 0.449 e. The average molecular weight is 370 g/mol. The molecule has 0 bridgehead atoms. The first-order valence-corrected chi connectivity index (χ1v) is 9.29. The lowest BCUT2D eigenvalue weighted by Gasteiger charge is -2.40. The normalized spacial score (nSPS) is 20.0. The lowest BCUT2D eigenvalue weighted by molar-refractivity contribution is -0.117. The summed E-state index contributed by atoms with van der Waals surface area (Å²) < 4.78 is 5.21. The third kappa shape index (κ3) is 3.97. The van der Waals surface area contributed by atoms with Crippen LogP contribution in [0.25, 0.3) is 5.57 Å². The highest BCUT2D eigenvalue weighted by atomic mass is 16.6. The van der Waals surface area contributed by atoms with E-state index in [0.29, 0.717) is 24.0 Å². The van der Waals surface area contributed by atoms with Crippen LogP contribution in [0.3, 0.4) is 0 Å². The molecule has 7 nitrogen and oxygen atoms in total. The van der Waals surface area contributed by atoms with Crippen molar-refractivity contribution in [2.24, 2.45) is 10.7 Å². The third-order valence-electron chi connectivity index (χ3n) is 4.72. The molecule has 1 aliphatic carbocycles. The molecule has 1 unspecified atom stereocenters. The van der Waals surface area contributed by atoms with Crippen LogP contribution in [0.4, 0.5) is 16.2 Å². The van der Waals surface area contributed by atoms with E-state index in [9.17, 15) is 9.59 Å². The second-order valence-electron chi connectivity index (χ2n) is 6.88. The van der Waals surface area contributed by atoms with Gasteiger partial charge in [0.05, 0.1) is 30.1 Å². The van der Waals surface area contributed by atoms with Gasteiger partial charge in [0, 0.05) is 31.5 Å². The number of benzene rings is 1. The number of hydrogen-bond donors (Lipinski definition) is 1. The van der Waals surface area contributed by atoms with Gasteiger partial charge in [0.1, 0.15) is 0 Å². The van der Waals surface area contributed by atoms with Gasteiger partial charge in [0.15, 0.2) is 0 Å². The zero-order valence-corrected chi connectivity index (χ0v) is 16.0. The van der Waals surface area contributed by atoms with Crippen molar-refractivity contribution in [3.63, 3.8) is 0 Å². The second-order valence-corrected chi connectivity index (χ2v) is 6.88. The summed E-state index contributed by atoms with van der Waals surface area (Å²) in [5.41, 5.74) is 8.75. The molecule has 27 heavy (non-hydrogen) atoms. The minimum Gasteiger partial charge on any atom is -0.449 e. The minimum atomic E-state index is -0.420. The average Bonchev–Trinajstić information content (AvgIpc) is 3.45. The highest BCUT2D eigenvalue weighted by Crippen LogP contribution is 2.38. The molecule has 2 aliphatic rings. The summed E-state index contributed by atoms with van der Waals surface area (Å²) >= 11 is 0. The second kappa shape index (κ2) is 7.82. The van der Waals surface area contributed by atoms with Gasteiger partial charge in [-0.25, -0.2) is 4.79 Å². The molecule has 1 heterocycles. The van der Waals surface area contributed by atoms with E-state index in [1.807, 2.05) is 25.1 Å². The molecule has 0 saturated heterocycles. The molecular formula is C20H26N4O3. The molecule has 7 heteroatoms. The van der Waals surface area contributed by atoms with Gasteiger partial charge < -0.3 is 15.4 Å². The first-order valence-electron chi connectivity index (χ1n) is 9.29. The van der Waals surface area contributed by atoms with E-state index in [0.717, 1.165) is 24.0 Å². The summed E-state index contributed by atoms with van der Waals surface area (Å²) in [7, 11) is 0. The van der Waals surface area contributed by atoms with Gasteiger partial charge in [-0.05, 0) is 44.4 Å². The van der Waals surface area contributed by atoms with Crippen LogP contribution in [0.15, 0.2) is 29.4 Å². The standard InChI is InChI=1S/C20H26N4O3/c1-4-27-20(26)23-12-13(2)24(14(3)25)18-8-5-15(9-19(18)23)16(10-21)11-22-17-6-7-17/h5,8-11,13,17H,4,6-7,12,21H2,1-3H3. The maximum atomic E-state index is 12.5. The smallest absolute Gasteiger partial charge is 0.414 e. The Hall–Kier alpha value is -2.83. The fraction of sp³-hybridized carbons (Fsp3) is 0.450. The Bertz CT molecular complexity index is 798. The summed E-state index contributed by atoms with van der Waals surface area (Å²) in [6, 6.07) is 5.86. The van der Waals surface area contributed by atoms with Gasteiger partial charge in [-0.1, -0.05) is 6.07 Å². The van der Waals surface area contributed by atoms with Gasteiger partial charge in [0.2, 0.25) is 5.91 Å². The monoisotopic (exact) mass is 370 g/mol. The Morgan fingerprint density at radius 3 is 2.67 bits per heavy atom. The molecule has 0 spiro atoms. The molecule has 1 aromatic carbocycles. The first kappa shape index (κ1) is 18.9. The van der Waals surface area contributed by atoms with Gasteiger partial charge >= 0.3 is 6.09 Å². The Morgan fingerprint density at radius 2 is 2.07 bits per heavy atom. The number of anilines is 2. The quantitative estimate of drug-likeness (QED) is 0.826. The zero-order valence-electron chi connectivity index (χ0n) is 16.0. The number of allylic oxidation sites excluding steroid dienone is 1. The number of hydrogen-bond acceptors (Lipinski definition) is 5. The van der Waals surface area contributed by atoms with Crippen LogP contribution in [0, 0.1) is 0 Å². The van der Waals surface area contributed by atoms with Crippen LogP contribution in [-0.4, -0.2) is 43.5 Å². The van der Waals surface area contributed by atoms with Crippen molar-refractivity contribution >= 4 is 35.2 Å². The lowest BCUT2D eigenvalue weighted by Crippen LogP contribution is -2.51. The maximum Gasteiger partial charge on any atom is 0.414 e. The van der Waals surface area contributed by atoms with E-state index in [4.69, 9.17) is 10.5 Å². The fourth-order valence-corrected chi connectivity index (χ4v) is 3.28. The molecule has 1 fully saturated rings. The molecule has 2 N–H and O–H groups in total. The van der Waals surface area contributed by atoms with Crippen LogP contribution in [0.1, 0.15) is 39.2 Å². The first-order chi connectivity index (χ1) is 13.0. The SMILES string of the molecule is CCOC(=O)N1CC(C)N(C(C)=O)c2ccc(C(C=NC3CC3)=CN)cc21. The summed E-state index contributed by atoms with van der Waals surface area (Å²) in [5, 5.41) is 0. The lowest BCUT2D eigenvalue weighted by atomic mass is 10.0. The number of amides is 2. The molecule has 1 aliphatic heterocycles. The van der Waals surface area contributed by atoms with Crippen LogP contribution >= 0.6 is 0 Å². The molecule has 144 valence electrons. The van der Waals surface area contributed by atoms with Gasteiger partial charge in [-0.3, -0.25) is 14.7 Å². The van der Waals surface area contributed by atoms with Crippen molar-refractivity contribution in [2.45, 2.75) is 45.7 Å². The highest BCUT2D eigenvalue weighted by Gasteiger charge is 2.34. The Balaban J connectivity index is 2.03. The van der Waals surface area contributed by atoms with Crippen LogP contribution in [0.2, 0.25) is 0 Å². The molecule has 0 aromatic heterocycles. The molecule has 3 rings (SSSR count). The Morgan fingerprint density at radius 1 is 1.33 bits per heavy atom. The molecule has 1 aromatic rings. The predicted molar refractivity (Wildman–Crippen MR) is 107 cm³/mol. The summed E-state index contributed by atoms with van der Waals surface area (Å²) in [6.45, 7) is 5.87. The molecule has 0 radical (unpaired) electrons. The van der Waals surface area contributed by atoms with Crippen molar-refractivity contribution < 1.29 is 14.3 Å². The van der Waals surface area contributed by atoms with Gasteiger partial charge in [-0.2, -0.15) is 0 Å². The topological polar surface area (TPSA) is 88.2 Å². The van der Waals surface area contributed by atoms with E-state index in [-0.39, 0.29) is 18.6 Å². The number of fused-ring (bicyclic) bond motifs is 1. The van der Waals surface area contributed by atoms with Crippen LogP contribution in [-0.2, 0) is 9.53 Å². The molecule has 2 amide bonds. The van der Waals surface area contributed by atoms with Gasteiger partial charge in [-0.15, -0.1) is 0 Å². The third-order valence-corrected chi connectivity index (χ3v) is 4.72. The fourth-order valence-electron chi connectivity index (χ4n) is 3.28. The number of aliphatic imine (C=N–C) groups is 1. The van der Waals surface area contributed by atoms with Crippen LogP contribution in [0.5, 0.6) is 0 Å². The van der Waals surface area contributed by atoms with Crippen molar-refractivity contribution in [2.75, 3.05) is 23.0 Å². The molecule has 1 saturated carbocycles. The van der Waals surface area contributed by atoms with Gasteiger partial charge in [0.25, 0.3) is 0 Å². The zero-order chi connectivity index (χ0) is 19.6. The minimum absolute atomic E-state index is 0.0649. The molecular weight excluding hydrogens is 344 g/mol. The van der Waals surface area contributed by atoms with E-state index in [1.54, 1.807) is 22.9 Å². The summed E-state index contributed by atoms with van der Waals surface area (Å²) in [6.07, 6.45) is 5.09. The Labute approximate surface area is 159 Å².